The molecule has 0 aliphatic carbocycles. The quantitative estimate of drug-likeness (QED) is 0.341. The van der Waals surface area contributed by atoms with Crippen LogP contribution in [-0.4, -0.2) is 8.07 Å². The van der Waals surface area contributed by atoms with Crippen LogP contribution in [0.4, 0.5) is 0 Å². The summed E-state index contributed by atoms with van der Waals surface area (Å²) in [5.74, 6) is 0. The Hall–Kier alpha value is -1.41. The molecule has 0 saturated heterocycles. The van der Waals surface area contributed by atoms with Crippen molar-refractivity contribution in [1.82, 2.24) is 0 Å². The Bertz CT molecular complexity index is 785. The van der Waals surface area contributed by atoms with Crippen molar-refractivity contribution in [1.29, 1.82) is 0 Å². The summed E-state index contributed by atoms with van der Waals surface area (Å²) in [7, 11) is -1.62. The van der Waals surface area contributed by atoms with E-state index in [1.54, 1.807) is 0 Å². The first-order valence-corrected chi connectivity index (χ1v) is 10.5. The predicted molar refractivity (Wildman–Crippen MR) is 109 cm³/mol. The molecule has 0 fully saturated rings. The number of hydrogen-bond acceptors (Lipinski definition) is 0. The van der Waals surface area contributed by atoms with E-state index < -0.39 is 8.07 Å². The van der Waals surface area contributed by atoms with Gasteiger partial charge in [-0.3, -0.25) is 0 Å². The van der Waals surface area contributed by atoms with Gasteiger partial charge in [-0.15, -0.1) is 69.7 Å². The van der Waals surface area contributed by atoms with Crippen molar-refractivity contribution in [2.24, 2.45) is 0 Å². The molecule has 4 aromatic rings. The third kappa shape index (κ3) is 3.35. The Morgan fingerprint density at radius 1 is 0.667 bits per heavy atom. The Labute approximate surface area is 162 Å². The normalized spacial score (nSPS) is 10.8. The molecule has 4 rings (SSSR count). The van der Waals surface area contributed by atoms with Crippen molar-refractivity contribution in [3.63, 3.8) is 0 Å². The molecule has 0 heterocycles. The Morgan fingerprint density at radius 2 is 1.04 bits per heavy atom. The van der Waals surface area contributed by atoms with Gasteiger partial charge in [-0.1, -0.05) is 25.2 Å². The van der Waals surface area contributed by atoms with Gasteiger partial charge in [0.05, 0.1) is 8.07 Å². The number of hydrogen-bond donors (Lipinski definition) is 0. The smallest absolute Gasteiger partial charge is 0.358 e. The molecule has 0 N–H and O–H groups in total. The van der Waals surface area contributed by atoms with Gasteiger partial charge in [0, 0.05) is 0 Å². The summed E-state index contributed by atoms with van der Waals surface area (Å²) in [6.07, 6.45) is 0. The van der Waals surface area contributed by atoms with Crippen LogP contribution in [0, 0.1) is 14.9 Å². The standard InChI is InChI=1S/C20H18Si.2CH3.Ti/c1-21(2,19-11-15-7-3-4-8-16(15)12-19)20-13-17-9-5-6-10-18(17)14-20;;;/h3-14H,1-2H3;2*1H3;/q-2;2*-1;+4. The first-order chi connectivity index (χ1) is 10.1. The van der Waals surface area contributed by atoms with Gasteiger partial charge in [-0.05, 0) is 0 Å². The average Bonchev–Trinajstić information content (AvgIpc) is 3.11. The van der Waals surface area contributed by atoms with Crippen molar-refractivity contribution in [3.8, 4) is 0 Å². The molecule has 0 atom stereocenters. The van der Waals surface area contributed by atoms with E-state index in [1.807, 2.05) is 0 Å². The summed E-state index contributed by atoms with van der Waals surface area (Å²) in [6, 6.07) is 26.9. The maximum atomic E-state index is 2.45. The van der Waals surface area contributed by atoms with Crippen molar-refractivity contribution in [2.45, 2.75) is 13.1 Å². The van der Waals surface area contributed by atoms with E-state index in [0.717, 1.165) is 0 Å². The molecule has 0 spiro atoms. The third-order valence-electron chi connectivity index (χ3n) is 4.68. The second-order valence-corrected chi connectivity index (χ2v) is 10.8. The van der Waals surface area contributed by atoms with Crippen molar-refractivity contribution >= 4 is 40.0 Å². The average molecular weight is 364 g/mol. The summed E-state index contributed by atoms with van der Waals surface area (Å²) in [5.41, 5.74) is 0. The second kappa shape index (κ2) is 7.65. The van der Waals surface area contributed by atoms with E-state index in [4.69, 9.17) is 0 Å². The molecule has 0 aliphatic heterocycles. The summed E-state index contributed by atoms with van der Waals surface area (Å²) in [4.78, 5) is 0. The molecule has 4 aromatic carbocycles. The fourth-order valence-electron chi connectivity index (χ4n) is 3.19. The number of rotatable bonds is 2. The van der Waals surface area contributed by atoms with Crippen LogP contribution in [0.2, 0.25) is 13.1 Å². The van der Waals surface area contributed by atoms with Crippen LogP contribution in [0.3, 0.4) is 0 Å². The zero-order valence-electron chi connectivity index (χ0n) is 14.9. The minimum Gasteiger partial charge on any atom is -0.358 e. The molecule has 0 saturated carbocycles. The molecule has 0 aliphatic rings. The third-order valence-corrected chi connectivity index (χ3v) is 8.14. The van der Waals surface area contributed by atoms with Crippen LogP contribution in [-0.2, 0) is 21.7 Å². The van der Waals surface area contributed by atoms with Gasteiger partial charge in [0.25, 0.3) is 0 Å². The molecule has 0 bridgehead atoms. The summed E-state index contributed by atoms with van der Waals surface area (Å²) >= 11 is 0. The zero-order chi connectivity index (χ0) is 14.4. The Morgan fingerprint density at radius 3 is 1.42 bits per heavy atom. The fraction of sp³-hybridized carbons (Fsp3) is 0.0909. The van der Waals surface area contributed by atoms with Gasteiger partial charge in [-0.25, -0.2) is 0 Å². The molecule has 0 amide bonds. The molecular weight excluding hydrogens is 340 g/mol. The largest absolute Gasteiger partial charge is 4.00 e. The first kappa shape index (κ1) is 20.6. The van der Waals surface area contributed by atoms with E-state index in [9.17, 15) is 0 Å². The Balaban J connectivity index is 0.000000960. The molecule has 24 heavy (non-hydrogen) atoms. The topological polar surface area (TPSA) is 0 Å². The van der Waals surface area contributed by atoms with Gasteiger partial charge in [0.1, 0.15) is 0 Å². The van der Waals surface area contributed by atoms with Gasteiger partial charge in [0.2, 0.25) is 0 Å². The minimum absolute atomic E-state index is 0. The van der Waals surface area contributed by atoms with Crippen molar-refractivity contribution in [2.75, 3.05) is 0 Å². The van der Waals surface area contributed by atoms with Crippen LogP contribution in [0.1, 0.15) is 0 Å². The van der Waals surface area contributed by atoms with Gasteiger partial charge < -0.3 is 14.9 Å². The number of fused-ring (bicyclic) bond motifs is 2. The van der Waals surface area contributed by atoms with E-state index in [0.29, 0.717) is 0 Å². The summed E-state index contributed by atoms with van der Waals surface area (Å²) in [6.45, 7) is 4.91. The van der Waals surface area contributed by atoms with Crippen molar-refractivity contribution < 1.29 is 21.7 Å². The molecule has 0 unspecified atom stereocenters. The summed E-state index contributed by atoms with van der Waals surface area (Å²) < 4.78 is 0. The Kier molecular flexibility index (Phi) is 6.58. The maximum absolute atomic E-state index is 2.45. The maximum Gasteiger partial charge on any atom is 4.00 e. The van der Waals surface area contributed by atoms with Crippen molar-refractivity contribution in [3.05, 3.63) is 87.6 Å². The van der Waals surface area contributed by atoms with E-state index in [1.165, 1.54) is 31.9 Å². The van der Waals surface area contributed by atoms with Gasteiger partial charge >= 0.3 is 21.7 Å². The van der Waals surface area contributed by atoms with E-state index >= 15 is 0 Å². The zero-order valence-corrected chi connectivity index (χ0v) is 17.5. The van der Waals surface area contributed by atoms with E-state index in [-0.39, 0.29) is 36.6 Å². The van der Waals surface area contributed by atoms with E-state index in [2.05, 4.69) is 85.9 Å². The monoisotopic (exact) mass is 364 g/mol. The molecule has 0 radical (unpaired) electrons. The summed E-state index contributed by atoms with van der Waals surface area (Å²) in [5, 5.41) is 8.51. The fourth-order valence-corrected chi connectivity index (χ4v) is 5.59. The van der Waals surface area contributed by atoms with Crippen LogP contribution < -0.4 is 10.4 Å². The molecule has 2 heteroatoms. The van der Waals surface area contributed by atoms with Crippen LogP contribution in [0.15, 0.2) is 72.8 Å². The number of benzene rings is 2. The first-order valence-electron chi connectivity index (χ1n) is 7.46. The minimum atomic E-state index is -1.62. The molecule has 120 valence electrons. The molecule has 0 nitrogen and oxygen atoms in total. The van der Waals surface area contributed by atoms with Gasteiger partial charge in [-0.2, -0.15) is 22.9 Å². The molecule has 0 aromatic heterocycles. The van der Waals surface area contributed by atoms with Crippen LogP contribution >= 0.6 is 0 Å². The molecular formula is C22H24SiTi. The second-order valence-electron chi connectivity index (χ2n) is 6.37. The SMILES string of the molecule is C[Si](C)(c1cc2ccccc2[cH-]1)c1cc2ccccc2[cH-]1.[CH3-].[CH3-].[Ti+4]. The predicted octanol–water partition coefficient (Wildman–Crippen LogP) is 5.15. The van der Waals surface area contributed by atoms with Crippen LogP contribution in [0.5, 0.6) is 0 Å². The van der Waals surface area contributed by atoms with Crippen LogP contribution in [0.25, 0.3) is 21.5 Å². The van der Waals surface area contributed by atoms with Gasteiger partial charge in [0.15, 0.2) is 0 Å².